The summed E-state index contributed by atoms with van der Waals surface area (Å²) in [5, 5.41) is 3.02. The summed E-state index contributed by atoms with van der Waals surface area (Å²) >= 11 is 0. The minimum atomic E-state index is -0.538. The van der Waals surface area contributed by atoms with Gasteiger partial charge in [-0.3, -0.25) is 4.79 Å². The first-order chi connectivity index (χ1) is 11.4. The van der Waals surface area contributed by atoms with Gasteiger partial charge in [-0.1, -0.05) is 37.3 Å². The van der Waals surface area contributed by atoms with Gasteiger partial charge in [-0.15, -0.1) is 0 Å². The van der Waals surface area contributed by atoms with Gasteiger partial charge in [0.15, 0.2) is 6.10 Å². The summed E-state index contributed by atoms with van der Waals surface area (Å²) < 4.78 is 5.77. The Hall–Kier alpha value is -2.29. The highest BCUT2D eigenvalue weighted by molar-refractivity contribution is 5.81. The second-order valence-corrected chi connectivity index (χ2v) is 6.33. The average molecular weight is 325 g/mol. The molecule has 0 aromatic heterocycles. The molecule has 1 N–H and O–H groups in total. The lowest BCUT2D eigenvalue weighted by Crippen LogP contribution is -2.37. The Labute approximate surface area is 145 Å². The van der Waals surface area contributed by atoms with Gasteiger partial charge in [0, 0.05) is 0 Å². The van der Waals surface area contributed by atoms with E-state index in [4.69, 9.17) is 4.74 Å². The molecule has 128 valence electrons. The lowest BCUT2D eigenvalue weighted by Gasteiger charge is -2.19. The van der Waals surface area contributed by atoms with Gasteiger partial charge in [0.05, 0.1) is 6.04 Å². The van der Waals surface area contributed by atoms with Gasteiger partial charge >= 0.3 is 0 Å². The number of rotatable bonds is 6. The van der Waals surface area contributed by atoms with Crippen LogP contribution in [0.2, 0.25) is 0 Å². The van der Waals surface area contributed by atoms with E-state index in [2.05, 4.69) is 43.4 Å². The second kappa shape index (κ2) is 8.00. The van der Waals surface area contributed by atoms with Crippen LogP contribution in [0.15, 0.2) is 42.5 Å². The molecule has 2 atom stereocenters. The number of hydrogen-bond acceptors (Lipinski definition) is 2. The minimum absolute atomic E-state index is 0.0470. The molecule has 3 heteroatoms. The third-order valence-electron chi connectivity index (χ3n) is 4.41. The van der Waals surface area contributed by atoms with E-state index in [1.54, 1.807) is 6.92 Å². The molecule has 0 radical (unpaired) electrons. The fourth-order valence-electron chi connectivity index (χ4n) is 2.50. The number of aryl methyl sites for hydroxylation is 3. The van der Waals surface area contributed by atoms with Crippen LogP contribution in [0.1, 0.15) is 49.1 Å². The summed E-state index contributed by atoms with van der Waals surface area (Å²) in [4.78, 5) is 12.4. The van der Waals surface area contributed by atoms with Crippen molar-refractivity contribution in [3.63, 3.8) is 0 Å². The van der Waals surface area contributed by atoms with E-state index in [0.717, 1.165) is 23.3 Å². The molecule has 2 rings (SSSR count). The van der Waals surface area contributed by atoms with E-state index in [1.165, 1.54) is 11.1 Å². The predicted octanol–water partition coefficient (Wildman–Crippen LogP) is 4.51. The summed E-state index contributed by atoms with van der Waals surface area (Å²) in [7, 11) is 0. The van der Waals surface area contributed by atoms with Gasteiger partial charge in [0.1, 0.15) is 5.75 Å². The van der Waals surface area contributed by atoms with E-state index in [1.807, 2.05) is 32.0 Å². The molecule has 0 saturated carbocycles. The Bertz CT molecular complexity index is 691. The van der Waals surface area contributed by atoms with Crippen molar-refractivity contribution in [3.05, 3.63) is 64.7 Å². The van der Waals surface area contributed by atoms with E-state index >= 15 is 0 Å². The van der Waals surface area contributed by atoms with Gasteiger partial charge in [0.25, 0.3) is 5.91 Å². The number of carbonyl (C=O) groups is 1. The smallest absolute Gasteiger partial charge is 0.261 e. The Morgan fingerprint density at radius 2 is 1.71 bits per heavy atom. The van der Waals surface area contributed by atoms with Crippen LogP contribution in [0, 0.1) is 13.8 Å². The topological polar surface area (TPSA) is 38.3 Å². The third-order valence-corrected chi connectivity index (χ3v) is 4.41. The fourth-order valence-corrected chi connectivity index (χ4v) is 2.50. The number of benzene rings is 2. The Balaban J connectivity index is 1.95. The van der Waals surface area contributed by atoms with Gasteiger partial charge in [-0.05, 0) is 68.5 Å². The molecule has 0 unspecified atom stereocenters. The van der Waals surface area contributed by atoms with Crippen LogP contribution in [0.25, 0.3) is 0 Å². The summed E-state index contributed by atoms with van der Waals surface area (Å²) in [5.74, 6) is 0.612. The molecule has 24 heavy (non-hydrogen) atoms. The molecule has 0 saturated heterocycles. The van der Waals surface area contributed by atoms with E-state index in [0.29, 0.717) is 0 Å². The van der Waals surface area contributed by atoms with E-state index in [9.17, 15) is 4.79 Å². The maximum absolute atomic E-state index is 12.4. The zero-order valence-corrected chi connectivity index (χ0v) is 15.2. The minimum Gasteiger partial charge on any atom is -0.481 e. The average Bonchev–Trinajstić information content (AvgIpc) is 2.58. The molecular weight excluding hydrogens is 298 g/mol. The number of nitrogens with one attached hydrogen (secondary N) is 1. The van der Waals surface area contributed by atoms with Crippen LogP contribution in [-0.4, -0.2) is 12.0 Å². The molecule has 2 aromatic rings. The van der Waals surface area contributed by atoms with Crippen molar-refractivity contribution in [2.75, 3.05) is 0 Å². The van der Waals surface area contributed by atoms with Crippen molar-refractivity contribution < 1.29 is 9.53 Å². The molecule has 0 aliphatic carbocycles. The highest BCUT2D eigenvalue weighted by Gasteiger charge is 2.18. The summed E-state index contributed by atoms with van der Waals surface area (Å²) in [6, 6.07) is 14.2. The van der Waals surface area contributed by atoms with Crippen LogP contribution >= 0.6 is 0 Å². The third kappa shape index (κ3) is 4.60. The maximum atomic E-state index is 12.4. The summed E-state index contributed by atoms with van der Waals surface area (Å²) in [6.07, 6.45) is 0.478. The molecule has 0 bridgehead atoms. The first kappa shape index (κ1) is 18.1. The number of ether oxygens (including phenoxy) is 1. The standard InChI is InChI=1S/C21H27NO2/c1-6-18-8-10-19(11-9-18)16(4)22-21(23)17(5)24-20-12-7-14(2)15(3)13-20/h7-13,16-17H,6H2,1-5H3,(H,22,23)/t16-,17-/m0/s1. The lowest BCUT2D eigenvalue weighted by molar-refractivity contribution is -0.127. The Morgan fingerprint density at radius 1 is 1.04 bits per heavy atom. The highest BCUT2D eigenvalue weighted by atomic mass is 16.5. The number of amides is 1. The fraction of sp³-hybridized carbons (Fsp3) is 0.381. The van der Waals surface area contributed by atoms with Crippen molar-refractivity contribution in [1.29, 1.82) is 0 Å². The van der Waals surface area contributed by atoms with Gasteiger partial charge in [-0.25, -0.2) is 0 Å². The van der Waals surface area contributed by atoms with E-state index < -0.39 is 6.10 Å². The van der Waals surface area contributed by atoms with Gasteiger partial charge in [0.2, 0.25) is 0 Å². The molecule has 0 heterocycles. The van der Waals surface area contributed by atoms with Crippen LogP contribution in [0.3, 0.4) is 0 Å². The van der Waals surface area contributed by atoms with E-state index in [-0.39, 0.29) is 11.9 Å². The largest absolute Gasteiger partial charge is 0.481 e. The van der Waals surface area contributed by atoms with Crippen LogP contribution < -0.4 is 10.1 Å². The van der Waals surface area contributed by atoms with Crippen molar-refractivity contribution in [1.82, 2.24) is 5.32 Å². The molecule has 0 spiro atoms. The molecule has 0 fully saturated rings. The second-order valence-electron chi connectivity index (χ2n) is 6.33. The normalized spacial score (nSPS) is 13.2. The monoisotopic (exact) mass is 325 g/mol. The van der Waals surface area contributed by atoms with Crippen LogP contribution in [0.5, 0.6) is 5.75 Å². The van der Waals surface area contributed by atoms with Crippen molar-refractivity contribution in [2.45, 2.75) is 53.2 Å². The molecule has 0 aliphatic heterocycles. The number of hydrogen-bond donors (Lipinski definition) is 1. The first-order valence-corrected chi connectivity index (χ1v) is 8.53. The number of carbonyl (C=O) groups excluding carboxylic acids is 1. The molecule has 0 aliphatic rings. The van der Waals surface area contributed by atoms with Crippen molar-refractivity contribution >= 4 is 5.91 Å². The summed E-state index contributed by atoms with van der Waals surface area (Å²) in [6.45, 7) is 9.99. The molecule has 2 aromatic carbocycles. The zero-order valence-electron chi connectivity index (χ0n) is 15.2. The summed E-state index contributed by atoms with van der Waals surface area (Å²) in [5.41, 5.74) is 4.76. The first-order valence-electron chi connectivity index (χ1n) is 8.53. The van der Waals surface area contributed by atoms with Gasteiger partial charge < -0.3 is 10.1 Å². The highest BCUT2D eigenvalue weighted by Crippen LogP contribution is 2.18. The van der Waals surface area contributed by atoms with Crippen LogP contribution in [-0.2, 0) is 11.2 Å². The Kier molecular flexibility index (Phi) is 6.02. The zero-order chi connectivity index (χ0) is 17.7. The van der Waals surface area contributed by atoms with Crippen molar-refractivity contribution in [2.24, 2.45) is 0 Å². The van der Waals surface area contributed by atoms with Crippen molar-refractivity contribution in [3.8, 4) is 5.75 Å². The predicted molar refractivity (Wildman–Crippen MR) is 98.4 cm³/mol. The van der Waals surface area contributed by atoms with Gasteiger partial charge in [-0.2, -0.15) is 0 Å². The Morgan fingerprint density at radius 3 is 2.29 bits per heavy atom. The maximum Gasteiger partial charge on any atom is 0.261 e. The quantitative estimate of drug-likeness (QED) is 0.848. The van der Waals surface area contributed by atoms with Crippen LogP contribution in [0.4, 0.5) is 0 Å². The lowest BCUT2D eigenvalue weighted by atomic mass is 10.0. The molecule has 3 nitrogen and oxygen atoms in total. The SMILES string of the molecule is CCc1ccc([C@H](C)NC(=O)[C@H](C)Oc2ccc(C)c(C)c2)cc1. The molecule has 1 amide bonds. The molecular formula is C21H27NO2.